The predicted molar refractivity (Wildman–Crippen MR) is 65.6 cm³/mol. The molecule has 0 aromatic heterocycles. The van der Waals surface area contributed by atoms with Gasteiger partial charge in [0.2, 0.25) is 0 Å². The van der Waals surface area contributed by atoms with E-state index >= 15 is 0 Å². The fraction of sp³-hybridized carbons (Fsp3) is 0.500. The summed E-state index contributed by atoms with van der Waals surface area (Å²) in [5.41, 5.74) is 0. The molecule has 0 aliphatic rings. The van der Waals surface area contributed by atoms with Crippen LogP contribution in [0.2, 0.25) is 0 Å². The van der Waals surface area contributed by atoms with Crippen LogP contribution < -0.4 is 5.19 Å². The van der Waals surface area contributed by atoms with Crippen molar-refractivity contribution in [3.8, 4) is 0 Å². The first-order chi connectivity index (χ1) is 8.60. The molecule has 6 heteroatoms. The Kier molecular flexibility index (Phi) is 6.38. The van der Waals surface area contributed by atoms with E-state index in [0.29, 0.717) is 13.2 Å². The molecule has 0 spiro atoms. The van der Waals surface area contributed by atoms with Gasteiger partial charge >= 0.3 is 9.28 Å². The molecule has 0 radical (unpaired) electrons. The summed E-state index contributed by atoms with van der Waals surface area (Å²) in [6, 6.07) is 1.92. The van der Waals surface area contributed by atoms with E-state index in [1.54, 1.807) is 0 Å². The highest BCUT2D eigenvalue weighted by Gasteiger charge is 2.21. The van der Waals surface area contributed by atoms with Gasteiger partial charge in [0.1, 0.15) is 0 Å². The molecular weight excluding hydrogens is 261 g/mol. The third-order valence-corrected chi connectivity index (χ3v) is 4.18. The first kappa shape index (κ1) is 15.2. The van der Waals surface area contributed by atoms with Crippen LogP contribution in [0.15, 0.2) is 12.1 Å². The van der Waals surface area contributed by atoms with Gasteiger partial charge in [-0.25, -0.2) is 13.2 Å². The summed E-state index contributed by atoms with van der Waals surface area (Å²) in [6.07, 6.45) is 1.57. The number of benzene rings is 1. The van der Waals surface area contributed by atoms with Gasteiger partial charge in [0.15, 0.2) is 17.5 Å². The van der Waals surface area contributed by atoms with Crippen LogP contribution in [0.25, 0.3) is 0 Å². The van der Waals surface area contributed by atoms with Gasteiger partial charge in [0.05, 0.1) is 0 Å². The first-order valence-corrected chi connectivity index (χ1v) is 7.49. The van der Waals surface area contributed by atoms with Gasteiger partial charge in [-0.05, 0) is 30.2 Å². The highest BCUT2D eigenvalue weighted by Crippen LogP contribution is 2.09. The average Bonchev–Trinajstić information content (AvgIpc) is 2.35. The van der Waals surface area contributed by atoms with Gasteiger partial charge in [0.25, 0.3) is 0 Å². The average molecular weight is 278 g/mol. The highest BCUT2D eigenvalue weighted by atomic mass is 28.3. The van der Waals surface area contributed by atoms with E-state index in [1.807, 2.05) is 13.8 Å². The maximum Gasteiger partial charge on any atom is 0.356 e. The van der Waals surface area contributed by atoms with Crippen molar-refractivity contribution < 1.29 is 22.0 Å². The van der Waals surface area contributed by atoms with Crippen LogP contribution >= 0.6 is 0 Å². The SMILES string of the molecule is CCCO[SiH](OCCC)c1cc(F)c(F)c(F)c1. The first-order valence-electron chi connectivity index (χ1n) is 5.97. The topological polar surface area (TPSA) is 18.5 Å². The molecule has 2 nitrogen and oxygen atoms in total. The van der Waals surface area contributed by atoms with Crippen molar-refractivity contribution in [3.05, 3.63) is 29.6 Å². The molecule has 18 heavy (non-hydrogen) atoms. The van der Waals surface area contributed by atoms with Crippen molar-refractivity contribution in [1.82, 2.24) is 0 Å². The maximum absolute atomic E-state index is 13.1. The number of hydrogen-bond acceptors (Lipinski definition) is 2. The summed E-state index contributed by atoms with van der Waals surface area (Å²) in [5.74, 6) is -3.87. The minimum Gasteiger partial charge on any atom is -0.393 e. The minimum atomic E-state index is -2.35. The van der Waals surface area contributed by atoms with Crippen LogP contribution in [-0.2, 0) is 8.85 Å². The molecule has 0 saturated carbocycles. The van der Waals surface area contributed by atoms with Gasteiger partial charge in [-0.1, -0.05) is 13.8 Å². The van der Waals surface area contributed by atoms with Crippen LogP contribution in [0, 0.1) is 17.5 Å². The third-order valence-electron chi connectivity index (χ3n) is 2.23. The standard InChI is InChI=1S/C12H17F3O2Si/c1-3-5-16-18(17-6-4-2)9-7-10(13)12(15)11(14)8-9/h7-8,18H,3-6H2,1-2H3. The van der Waals surface area contributed by atoms with Crippen LogP contribution in [0.3, 0.4) is 0 Å². The van der Waals surface area contributed by atoms with Gasteiger partial charge < -0.3 is 8.85 Å². The molecule has 0 heterocycles. The molecule has 102 valence electrons. The summed E-state index contributed by atoms with van der Waals surface area (Å²) in [5, 5.41) is 0.285. The summed E-state index contributed by atoms with van der Waals surface area (Å²) in [6.45, 7) is 4.77. The summed E-state index contributed by atoms with van der Waals surface area (Å²) in [4.78, 5) is 0. The van der Waals surface area contributed by atoms with Gasteiger partial charge in [0, 0.05) is 13.2 Å². The van der Waals surface area contributed by atoms with Crippen molar-refractivity contribution in [2.75, 3.05) is 13.2 Å². The Bertz CT molecular complexity index is 357. The molecule has 1 rings (SSSR count). The molecule has 0 atom stereocenters. The van der Waals surface area contributed by atoms with E-state index in [-0.39, 0.29) is 5.19 Å². The minimum absolute atomic E-state index is 0.285. The summed E-state index contributed by atoms with van der Waals surface area (Å²) in [7, 11) is -2.35. The second-order valence-electron chi connectivity index (χ2n) is 3.87. The van der Waals surface area contributed by atoms with Gasteiger partial charge in [-0.15, -0.1) is 0 Å². The molecule has 0 saturated heterocycles. The van der Waals surface area contributed by atoms with E-state index in [4.69, 9.17) is 8.85 Å². The van der Waals surface area contributed by atoms with Crippen molar-refractivity contribution in [2.45, 2.75) is 26.7 Å². The van der Waals surface area contributed by atoms with Crippen LogP contribution in [0.4, 0.5) is 13.2 Å². The molecule has 0 N–H and O–H groups in total. The zero-order valence-electron chi connectivity index (χ0n) is 10.5. The summed E-state index contributed by atoms with van der Waals surface area (Å²) < 4.78 is 50.1. The fourth-order valence-electron chi connectivity index (χ4n) is 1.40. The lowest BCUT2D eigenvalue weighted by Gasteiger charge is -2.16. The molecule has 1 aromatic rings. The third kappa shape index (κ3) is 4.11. The lowest BCUT2D eigenvalue weighted by atomic mass is 10.3. The predicted octanol–water partition coefficient (Wildman–Crippen LogP) is 2.38. The Balaban J connectivity index is 2.89. The van der Waals surface area contributed by atoms with Gasteiger partial charge in [-0.3, -0.25) is 0 Å². The van der Waals surface area contributed by atoms with E-state index in [1.165, 1.54) is 0 Å². The lowest BCUT2D eigenvalue weighted by Crippen LogP contribution is -2.38. The molecular formula is C12H17F3O2Si. The number of halogens is 3. The molecule has 0 fully saturated rings. The van der Waals surface area contributed by atoms with E-state index in [0.717, 1.165) is 25.0 Å². The van der Waals surface area contributed by atoms with Crippen molar-refractivity contribution in [1.29, 1.82) is 0 Å². The Morgan fingerprint density at radius 3 is 1.78 bits per heavy atom. The number of rotatable bonds is 7. The van der Waals surface area contributed by atoms with Crippen molar-refractivity contribution >= 4 is 14.5 Å². The second kappa shape index (κ2) is 7.55. The highest BCUT2D eigenvalue weighted by molar-refractivity contribution is 6.61. The lowest BCUT2D eigenvalue weighted by molar-refractivity contribution is 0.207. The zero-order valence-corrected chi connectivity index (χ0v) is 11.7. The fourth-order valence-corrected chi connectivity index (χ4v) is 3.35. The Morgan fingerprint density at radius 2 is 1.39 bits per heavy atom. The van der Waals surface area contributed by atoms with Crippen molar-refractivity contribution in [2.24, 2.45) is 0 Å². The largest absolute Gasteiger partial charge is 0.393 e. The smallest absolute Gasteiger partial charge is 0.356 e. The quantitative estimate of drug-likeness (QED) is 0.563. The van der Waals surface area contributed by atoms with Crippen LogP contribution in [0.5, 0.6) is 0 Å². The van der Waals surface area contributed by atoms with E-state index in [2.05, 4.69) is 0 Å². The van der Waals surface area contributed by atoms with Crippen LogP contribution in [0.1, 0.15) is 26.7 Å². The molecule has 0 aliphatic carbocycles. The molecule has 0 amide bonds. The molecule has 0 bridgehead atoms. The van der Waals surface area contributed by atoms with Gasteiger partial charge in [-0.2, -0.15) is 0 Å². The van der Waals surface area contributed by atoms with Crippen LogP contribution in [-0.4, -0.2) is 22.5 Å². The monoisotopic (exact) mass is 278 g/mol. The van der Waals surface area contributed by atoms with E-state index in [9.17, 15) is 13.2 Å². The Hall–Kier alpha value is -0.853. The number of hydrogen-bond donors (Lipinski definition) is 0. The Morgan fingerprint density at radius 1 is 0.944 bits per heavy atom. The van der Waals surface area contributed by atoms with E-state index < -0.39 is 26.7 Å². The molecule has 1 aromatic carbocycles. The molecule has 0 aliphatic heterocycles. The second-order valence-corrected chi connectivity index (χ2v) is 5.87. The summed E-state index contributed by atoms with van der Waals surface area (Å²) >= 11 is 0. The maximum atomic E-state index is 13.1. The van der Waals surface area contributed by atoms with Crippen molar-refractivity contribution in [3.63, 3.8) is 0 Å². The Labute approximate surface area is 107 Å². The molecule has 0 unspecified atom stereocenters. The zero-order chi connectivity index (χ0) is 13.5. The normalized spacial score (nSPS) is 11.2.